The zero-order valence-electron chi connectivity index (χ0n) is 20.7. The lowest BCUT2D eigenvalue weighted by Gasteiger charge is -2.61. The van der Waals surface area contributed by atoms with E-state index in [9.17, 15) is 4.79 Å². The maximum Gasteiger partial charge on any atom is 0.161 e. The number of hydrogen-bond donors (Lipinski definition) is 0. The van der Waals surface area contributed by atoms with E-state index in [1.54, 1.807) is 7.11 Å². The van der Waals surface area contributed by atoms with Crippen molar-refractivity contribution in [1.82, 2.24) is 0 Å². The molecule has 0 aromatic heterocycles. The van der Waals surface area contributed by atoms with E-state index in [1.165, 1.54) is 57.8 Å². The molecule has 0 N–H and O–H groups in total. The minimum atomic E-state index is -0.143. The second-order valence-electron chi connectivity index (χ2n) is 12.8. The molecular weight excluding hydrogens is 368 g/mol. The number of hydrogen-bond acceptors (Lipinski definition) is 2. The lowest BCUT2D eigenvalue weighted by molar-refractivity contribution is -0.159. The molecule has 0 bridgehead atoms. The molecule has 2 heteroatoms. The Kier molecular flexibility index (Phi) is 6.48. The molecule has 2 unspecified atom stereocenters. The SMILES string of the molecule is COC1C[C@@]2(C)C(CC[C@H]3[C@@H]4CC[C@H]([C@H](C)CCCC(C)C)[C@@]4(C)CC[C@@H]32)CC1=O. The first-order valence-electron chi connectivity index (χ1n) is 13.3. The van der Waals surface area contributed by atoms with Crippen LogP contribution < -0.4 is 0 Å². The van der Waals surface area contributed by atoms with E-state index in [0.29, 0.717) is 22.5 Å². The van der Waals surface area contributed by atoms with Crippen molar-refractivity contribution in [3.8, 4) is 0 Å². The maximum absolute atomic E-state index is 12.5. The van der Waals surface area contributed by atoms with Crippen molar-refractivity contribution in [3.63, 3.8) is 0 Å². The van der Waals surface area contributed by atoms with Gasteiger partial charge in [0.15, 0.2) is 5.78 Å². The molecule has 0 aliphatic heterocycles. The minimum absolute atomic E-state index is 0.143. The zero-order valence-corrected chi connectivity index (χ0v) is 20.7. The van der Waals surface area contributed by atoms with Gasteiger partial charge in [-0.1, -0.05) is 53.9 Å². The summed E-state index contributed by atoms with van der Waals surface area (Å²) in [6.45, 7) is 12.5. The Morgan fingerprint density at radius 3 is 2.40 bits per heavy atom. The van der Waals surface area contributed by atoms with E-state index in [-0.39, 0.29) is 6.10 Å². The third-order valence-electron chi connectivity index (χ3n) is 11.0. The summed E-state index contributed by atoms with van der Waals surface area (Å²) in [5.74, 6) is 6.26. The zero-order chi connectivity index (χ0) is 21.7. The largest absolute Gasteiger partial charge is 0.374 e. The third-order valence-corrected chi connectivity index (χ3v) is 11.0. The molecule has 2 nitrogen and oxygen atoms in total. The van der Waals surface area contributed by atoms with Crippen LogP contribution in [0.25, 0.3) is 0 Å². The van der Waals surface area contributed by atoms with Gasteiger partial charge >= 0.3 is 0 Å². The molecule has 0 amide bonds. The van der Waals surface area contributed by atoms with Gasteiger partial charge in [0.25, 0.3) is 0 Å². The van der Waals surface area contributed by atoms with Crippen LogP contribution in [0.3, 0.4) is 0 Å². The molecule has 9 atom stereocenters. The van der Waals surface area contributed by atoms with Gasteiger partial charge in [-0.2, -0.15) is 0 Å². The van der Waals surface area contributed by atoms with Crippen molar-refractivity contribution in [2.45, 2.75) is 111 Å². The first-order valence-corrected chi connectivity index (χ1v) is 13.3. The lowest BCUT2D eigenvalue weighted by atomic mass is 9.44. The standard InChI is InChI=1S/C28H48O2/c1-18(2)8-7-9-19(3)22-12-13-23-21-11-10-20-16-25(29)26(30-6)17-28(20,5)24(21)14-15-27(22,23)4/h18-24,26H,7-17H2,1-6H3/t19-,20?,21+,22-,23+,24+,26?,27-,28+/m1/s1. The van der Waals surface area contributed by atoms with E-state index in [4.69, 9.17) is 4.74 Å². The summed E-state index contributed by atoms with van der Waals surface area (Å²) < 4.78 is 5.66. The van der Waals surface area contributed by atoms with E-state index in [0.717, 1.165) is 48.3 Å². The first-order chi connectivity index (χ1) is 14.2. The molecule has 4 saturated carbocycles. The van der Waals surface area contributed by atoms with Gasteiger partial charge in [0.2, 0.25) is 0 Å². The molecule has 0 heterocycles. The molecule has 0 aromatic carbocycles. The van der Waals surface area contributed by atoms with Crippen LogP contribution in [0.1, 0.15) is 105 Å². The third kappa shape index (κ3) is 3.71. The molecule has 4 fully saturated rings. The highest BCUT2D eigenvalue weighted by molar-refractivity contribution is 5.84. The van der Waals surface area contributed by atoms with Crippen molar-refractivity contribution in [2.75, 3.05) is 7.11 Å². The second kappa shape index (κ2) is 8.53. The monoisotopic (exact) mass is 416 g/mol. The molecule has 0 saturated heterocycles. The van der Waals surface area contributed by atoms with Crippen LogP contribution >= 0.6 is 0 Å². The number of rotatable bonds is 6. The van der Waals surface area contributed by atoms with Crippen LogP contribution in [0.2, 0.25) is 0 Å². The number of carbonyl (C=O) groups excluding carboxylic acids is 1. The van der Waals surface area contributed by atoms with Gasteiger partial charge in [-0.05, 0) is 97.2 Å². The van der Waals surface area contributed by atoms with Crippen molar-refractivity contribution in [3.05, 3.63) is 0 Å². The summed E-state index contributed by atoms with van der Waals surface area (Å²) in [5, 5.41) is 0. The summed E-state index contributed by atoms with van der Waals surface area (Å²) in [6.07, 6.45) is 14.2. The molecule has 0 radical (unpaired) electrons. The van der Waals surface area contributed by atoms with Crippen molar-refractivity contribution >= 4 is 5.78 Å². The molecule has 4 aliphatic carbocycles. The summed E-state index contributed by atoms with van der Waals surface area (Å²) in [6, 6.07) is 0. The molecule has 30 heavy (non-hydrogen) atoms. The average Bonchev–Trinajstić information content (AvgIpc) is 3.05. The Labute approximate surface area is 186 Å². The molecule has 4 aliphatic rings. The van der Waals surface area contributed by atoms with Gasteiger partial charge in [-0.25, -0.2) is 0 Å². The highest BCUT2D eigenvalue weighted by Gasteiger charge is 2.61. The lowest BCUT2D eigenvalue weighted by Crippen LogP contribution is -2.56. The van der Waals surface area contributed by atoms with Crippen LogP contribution in [0, 0.1) is 52.3 Å². The van der Waals surface area contributed by atoms with Gasteiger partial charge in [0.05, 0.1) is 0 Å². The van der Waals surface area contributed by atoms with Crippen LogP contribution in [-0.2, 0) is 9.53 Å². The highest BCUT2D eigenvalue weighted by Crippen LogP contribution is 2.68. The average molecular weight is 417 g/mol. The van der Waals surface area contributed by atoms with E-state index in [2.05, 4.69) is 34.6 Å². The number of Topliss-reactive ketones (excluding diaryl/α,β-unsaturated/α-hetero) is 1. The van der Waals surface area contributed by atoms with Gasteiger partial charge < -0.3 is 4.74 Å². The predicted octanol–water partition coefficient (Wildman–Crippen LogP) is 7.30. The Morgan fingerprint density at radius 1 is 0.967 bits per heavy atom. The van der Waals surface area contributed by atoms with E-state index >= 15 is 0 Å². The Hall–Kier alpha value is -0.370. The van der Waals surface area contributed by atoms with E-state index in [1.807, 2.05) is 0 Å². The summed E-state index contributed by atoms with van der Waals surface area (Å²) in [5.41, 5.74) is 0.882. The van der Waals surface area contributed by atoms with Gasteiger partial charge in [0, 0.05) is 13.5 Å². The quantitative estimate of drug-likeness (QED) is 0.454. The number of methoxy groups -OCH3 is 1. The fourth-order valence-corrected chi connectivity index (χ4v) is 9.32. The Balaban J connectivity index is 1.49. The second-order valence-corrected chi connectivity index (χ2v) is 12.8. The van der Waals surface area contributed by atoms with Gasteiger partial charge in [-0.15, -0.1) is 0 Å². The fraction of sp³-hybridized carbons (Fsp3) is 0.964. The number of carbonyl (C=O) groups is 1. The van der Waals surface area contributed by atoms with Crippen molar-refractivity contribution < 1.29 is 9.53 Å². The minimum Gasteiger partial charge on any atom is -0.374 e. The fourth-order valence-electron chi connectivity index (χ4n) is 9.32. The molecular formula is C28H48O2. The maximum atomic E-state index is 12.5. The normalized spacial score (nSPS) is 47.0. The van der Waals surface area contributed by atoms with Gasteiger partial charge in [0.1, 0.15) is 6.10 Å². The molecule has 0 aromatic rings. The first kappa shape index (κ1) is 22.8. The topological polar surface area (TPSA) is 26.3 Å². The molecule has 4 rings (SSSR count). The van der Waals surface area contributed by atoms with E-state index < -0.39 is 0 Å². The number of ether oxygens (including phenoxy) is 1. The summed E-state index contributed by atoms with van der Waals surface area (Å²) >= 11 is 0. The molecule has 172 valence electrons. The summed E-state index contributed by atoms with van der Waals surface area (Å²) in [7, 11) is 1.74. The number of ketones is 1. The van der Waals surface area contributed by atoms with Crippen molar-refractivity contribution in [1.29, 1.82) is 0 Å². The summed E-state index contributed by atoms with van der Waals surface area (Å²) in [4.78, 5) is 12.5. The predicted molar refractivity (Wildman–Crippen MR) is 124 cm³/mol. The van der Waals surface area contributed by atoms with Crippen LogP contribution in [0.4, 0.5) is 0 Å². The smallest absolute Gasteiger partial charge is 0.161 e. The van der Waals surface area contributed by atoms with Gasteiger partial charge in [-0.3, -0.25) is 4.79 Å². The van der Waals surface area contributed by atoms with Crippen LogP contribution in [-0.4, -0.2) is 19.0 Å². The number of fused-ring (bicyclic) bond motifs is 5. The van der Waals surface area contributed by atoms with Crippen molar-refractivity contribution in [2.24, 2.45) is 52.3 Å². The van der Waals surface area contributed by atoms with Crippen LogP contribution in [0.5, 0.6) is 0 Å². The Morgan fingerprint density at radius 2 is 1.70 bits per heavy atom. The molecule has 0 spiro atoms. The highest BCUT2D eigenvalue weighted by atomic mass is 16.5. The Bertz CT molecular complexity index is 626. The van der Waals surface area contributed by atoms with Crippen LogP contribution in [0.15, 0.2) is 0 Å².